The summed E-state index contributed by atoms with van der Waals surface area (Å²) in [5, 5.41) is 5.68. The van der Waals surface area contributed by atoms with Crippen LogP contribution < -0.4 is 5.32 Å². The van der Waals surface area contributed by atoms with Crippen molar-refractivity contribution in [1.82, 2.24) is 9.47 Å². The van der Waals surface area contributed by atoms with E-state index in [2.05, 4.69) is 83.5 Å². The van der Waals surface area contributed by atoms with Crippen molar-refractivity contribution in [3.05, 3.63) is 65.9 Å². The fourth-order valence-corrected chi connectivity index (χ4v) is 4.83. The molecule has 0 unspecified atom stereocenters. The molecule has 3 aromatic rings. The van der Waals surface area contributed by atoms with Crippen molar-refractivity contribution in [3.8, 4) is 0 Å². The Morgan fingerprint density at radius 1 is 1.03 bits per heavy atom. The number of aromatic nitrogens is 1. The molecule has 0 bridgehead atoms. The van der Waals surface area contributed by atoms with Crippen molar-refractivity contribution in [2.24, 2.45) is 7.05 Å². The van der Waals surface area contributed by atoms with Crippen molar-refractivity contribution in [1.29, 1.82) is 0 Å². The SMILES string of the molecule is Cc1ccc(NC(=S)N(Cc2cn(C)c3ccccc23)C2CCCCCC2)cc1. The van der Waals surface area contributed by atoms with Crippen LogP contribution in [-0.4, -0.2) is 20.6 Å². The molecular weight excluding hydrogens is 374 g/mol. The van der Waals surface area contributed by atoms with E-state index < -0.39 is 0 Å². The third kappa shape index (κ3) is 4.64. The van der Waals surface area contributed by atoms with E-state index in [1.807, 2.05) is 0 Å². The minimum absolute atomic E-state index is 0.502. The van der Waals surface area contributed by atoms with E-state index in [0.29, 0.717) is 6.04 Å². The van der Waals surface area contributed by atoms with Gasteiger partial charge in [0.15, 0.2) is 5.11 Å². The highest BCUT2D eigenvalue weighted by atomic mass is 32.1. The summed E-state index contributed by atoms with van der Waals surface area (Å²) in [6.07, 6.45) is 9.99. The lowest BCUT2D eigenvalue weighted by Crippen LogP contribution is -2.42. The first-order chi connectivity index (χ1) is 14.1. The molecule has 4 heteroatoms. The van der Waals surface area contributed by atoms with Crippen LogP contribution in [0.15, 0.2) is 54.7 Å². The quantitative estimate of drug-likeness (QED) is 0.400. The summed E-state index contributed by atoms with van der Waals surface area (Å²) in [5.74, 6) is 0. The molecule has 1 saturated carbocycles. The van der Waals surface area contributed by atoms with Gasteiger partial charge in [-0.3, -0.25) is 0 Å². The fourth-order valence-electron chi connectivity index (χ4n) is 4.50. The number of nitrogens with zero attached hydrogens (tertiary/aromatic N) is 2. The second-order valence-corrected chi connectivity index (χ2v) is 8.74. The summed E-state index contributed by atoms with van der Waals surface area (Å²) in [4.78, 5) is 2.45. The first kappa shape index (κ1) is 20.0. The third-order valence-electron chi connectivity index (χ3n) is 6.15. The summed E-state index contributed by atoms with van der Waals surface area (Å²) in [6, 6.07) is 17.7. The Morgan fingerprint density at radius 3 is 2.45 bits per heavy atom. The zero-order valence-electron chi connectivity index (χ0n) is 17.5. The molecule has 0 atom stereocenters. The van der Waals surface area contributed by atoms with Gasteiger partial charge < -0.3 is 14.8 Å². The predicted octanol–water partition coefficient (Wildman–Crippen LogP) is 6.41. The van der Waals surface area contributed by atoms with Crippen molar-refractivity contribution < 1.29 is 0 Å². The lowest BCUT2D eigenvalue weighted by atomic mass is 10.1. The molecule has 0 aliphatic heterocycles. The molecule has 1 aliphatic rings. The molecule has 4 rings (SSSR count). The summed E-state index contributed by atoms with van der Waals surface area (Å²) in [6.45, 7) is 2.96. The maximum absolute atomic E-state index is 5.95. The molecular formula is C25H31N3S. The Kier molecular flexibility index (Phi) is 6.19. The van der Waals surface area contributed by atoms with E-state index in [0.717, 1.165) is 17.3 Å². The van der Waals surface area contributed by atoms with Crippen LogP contribution in [-0.2, 0) is 13.6 Å². The predicted molar refractivity (Wildman–Crippen MR) is 127 cm³/mol. The minimum Gasteiger partial charge on any atom is -0.350 e. The molecule has 29 heavy (non-hydrogen) atoms. The van der Waals surface area contributed by atoms with Crippen molar-refractivity contribution in [2.45, 2.75) is 58.0 Å². The Labute approximate surface area is 179 Å². The molecule has 0 saturated heterocycles. The van der Waals surface area contributed by atoms with Crippen LogP contribution in [0.2, 0.25) is 0 Å². The summed E-state index contributed by atoms with van der Waals surface area (Å²) in [5.41, 5.74) is 4.95. The number of thiocarbonyl (C=S) groups is 1. The molecule has 1 N–H and O–H groups in total. The summed E-state index contributed by atoms with van der Waals surface area (Å²) >= 11 is 5.95. The maximum Gasteiger partial charge on any atom is 0.173 e. The molecule has 1 aromatic heterocycles. The van der Waals surface area contributed by atoms with Crippen molar-refractivity contribution in [2.75, 3.05) is 5.32 Å². The standard InChI is InChI=1S/C25H31N3S/c1-19-13-15-21(16-14-19)26-25(29)28(22-9-5-3-4-6-10-22)18-20-17-27(2)24-12-8-7-11-23(20)24/h7-8,11-17,22H,3-6,9-10,18H2,1-2H3,(H,26,29). The minimum atomic E-state index is 0.502. The van der Waals surface area contributed by atoms with E-state index >= 15 is 0 Å². The normalized spacial score (nSPS) is 15.2. The largest absolute Gasteiger partial charge is 0.350 e. The Bertz CT molecular complexity index is 965. The number of benzene rings is 2. The van der Waals surface area contributed by atoms with Gasteiger partial charge in [0.25, 0.3) is 0 Å². The number of anilines is 1. The van der Waals surface area contributed by atoms with Gasteiger partial charge in [-0.1, -0.05) is 61.6 Å². The van der Waals surface area contributed by atoms with Crippen LogP contribution in [0.3, 0.4) is 0 Å². The lowest BCUT2D eigenvalue weighted by Gasteiger charge is -2.33. The smallest absolute Gasteiger partial charge is 0.173 e. The van der Waals surface area contributed by atoms with E-state index in [-0.39, 0.29) is 0 Å². The number of hydrogen-bond acceptors (Lipinski definition) is 1. The van der Waals surface area contributed by atoms with Crippen LogP contribution in [0.25, 0.3) is 10.9 Å². The van der Waals surface area contributed by atoms with Gasteiger partial charge in [0, 0.05) is 42.4 Å². The number of nitrogens with one attached hydrogen (secondary N) is 1. The molecule has 2 aromatic carbocycles. The van der Waals surface area contributed by atoms with Crippen LogP contribution in [0.4, 0.5) is 5.69 Å². The highest BCUT2D eigenvalue weighted by Crippen LogP contribution is 2.27. The van der Waals surface area contributed by atoms with Gasteiger partial charge in [-0.2, -0.15) is 0 Å². The van der Waals surface area contributed by atoms with E-state index in [1.165, 1.54) is 60.6 Å². The second kappa shape index (κ2) is 9.00. The summed E-state index contributed by atoms with van der Waals surface area (Å²) < 4.78 is 2.23. The van der Waals surface area contributed by atoms with Crippen molar-refractivity contribution >= 4 is 33.9 Å². The van der Waals surface area contributed by atoms with Gasteiger partial charge in [0.05, 0.1) is 0 Å². The molecule has 1 heterocycles. The van der Waals surface area contributed by atoms with Gasteiger partial charge >= 0.3 is 0 Å². The maximum atomic E-state index is 5.95. The number of rotatable bonds is 4. The van der Waals surface area contributed by atoms with E-state index in [1.54, 1.807) is 0 Å². The van der Waals surface area contributed by atoms with Crippen molar-refractivity contribution in [3.63, 3.8) is 0 Å². The van der Waals surface area contributed by atoms with Crippen LogP contribution in [0.1, 0.15) is 49.7 Å². The molecule has 1 aliphatic carbocycles. The van der Waals surface area contributed by atoms with E-state index in [9.17, 15) is 0 Å². The van der Waals surface area contributed by atoms with Crippen LogP contribution in [0, 0.1) is 6.92 Å². The highest BCUT2D eigenvalue weighted by molar-refractivity contribution is 7.80. The first-order valence-electron chi connectivity index (χ1n) is 10.8. The third-order valence-corrected chi connectivity index (χ3v) is 6.49. The molecule has 0 radical (unpaired) electrons. The topological polar surface area (TPSA) is 20.2 Å². The second-order valence-electron chi connectivity index (χ2n) is 8.35. The first-order valence-corrected chi connectivity index (χ1v) is 11.2. The Hall–Kier alpha value is -2.33. The molecule has 0 amide bonds. The molecule has 0 spiro atoms. The zero-order valence-corrected chi connectivity index (χ0v) is 18.3. The average molecular weight is 406 g/mol. The van der Waals surface area contributed by atoms with Gasteiger partial charge in [-0.05, 0) is 55.7 Å². The van der Waals surface area contributed by atoms with Gasteiger partial charge in [-0.25, -0.2) is 0 Å². The average Bonchev–Trinajstić information content (AvgIpc) is 2.89. The number of aryl methyl sites for hydroxylation is 2. The highest BCUT2D eigenvalue weighted by Gasteiger charge is 2.24. The lowest BCUT2D eigenvalue weighted by molar-refractivity contribution is 0.281. The Balaban J connectivity index is 1.62. The van der Waals surface area contributed by atoms with Crippen LogP contribution >= 0.6 is 12.2 Å². The van der Waals surface area contributed by atoms with Gasteiger partial charge in [0.1, 0.15) is 0 Å². The monoisotopic (exact) mass is 405 g/mol. The summed E-state index contributed by atoms with van der Waals surface area (Å²) in [7, 11) is 2.13. The number of hydrogen-bond donors (Lipinski definition) is 1. The van der Waals surface area contributed by atoms with E-state index in [4.69, 9.17) is 12.2 Å². The molecule has 3 nitrogen and oxygen atoms in total. The molecule has 1 fully saturated rings. The fraction of sp³-hybridized carbons (Fsp3) is 0.400. The van der Waals surface area contributed by atoms with Gasteiger partial charge in [-0.15, -0.1) is 0 Å². The Morgan fingerprint density at radius 2 is 1.72 bits per heavy atom. The van der Waals surface area contributed by atoms with Crippen LogP contribution in [0.5, 0.6) is 0 Å². The zero-order chi connectivity index (χ0) is 20.2. The van der Waals surface area contributed by atoms with Gasteiger partial charge in [0.2, 0.25) is 0 Å². The molecule has 152 valence electrons. The number of fused-ring (bicyclic) bond motifs is 1. The number of para-hydroxylation sites is 1.